The van der Waals surface area contributed by atoms with Crippen molar-refractivity contribution in [3.8, 4) is 0 Å². The van der Waals surface area contributed by atoms with Crippen LogP contribution in [-0.2, 0) is 9.53 Å². The minimum atomic E-state index is -4.22. The van der Waals surface area contributed by atoms with E-state index in [0.717, 1.165) is 4.90 Å². The van der Waals surface area contributed by atoms with Crippen molar-refractivity contribution in [3.63, 3.8) is 0 Å². The number of hydrogen-bond acceptors (Lipinski definition) is 3. The van der Waals surface area contributed by atoms with E-state index in [1.54, 1.807) is 0 Å². The lowest BCUT2D eigenvalue weighted by atomic mass is 10.3. The Balaban J connectivity index is 3.65. The Morgan fingerprint density at radius 1 is 1.44 bits per heavy atom. The van der Waals surface area contributed by atoms with Gasteiger partial charge in [-0.05, 0) is 0 Å². The van der Waals surface area contributed by atoms with E-state index in [4.69, 9.17) is 4.74 Å². The van der Waals surface area contributed by atoms with Crippen molar-refractivity contribution in [3.05, 3.63) is 0 Å². The summed E-state index contributed by atoms with van der Waals surface area (Å²) >= 11 is 0. The van der Waals surface area contributed by atoms with E-state index in [-0.39, 0.29) is 19.0 Å². The number of nitrogens with zero attached hydrogens (tertiary/aromatic N) is 1. The molecule has 0 radical (unpaired) electrons. The van der Waals surface area contributed by atoms with Crippen LogP contribution in [0.2, 0.25) is 0 Å². The van der Waals surface area contributed by atoms with Gasteiger partial charge in [0.2, 0.25) is 5.91 Å². The third-order valence-corrected chi connectivity index (χ3v) is 1.92. The molecule has 0 aliphatic rings. The van der Waals surface area contributed by atoms with E-state index in [1.165, 1.54) is 14.2 Å². The molecule has 96 valence electrons. The van der Waals surface area contributed by atoms with Crippen molar-refractivity contribution in [2.24, 2.45) is 0 Å². The predicted molar refractivity (Wildman–Crippen MR) is 53.1 cm³/mol. The largest absolute Gasteiger partial charge is 0.390 e. The Labute approximate surface area is 92.7 Å². The average Bonchev–Trinajstić information content (AvgIpc) is 2.19. The molecule has 0 spiro atoms. The van der Waals surface area contributed by atoms with Crippen LogP contribution in [0.25, 0.3) is 0 Å². The number of amides is 1. The van der Waals surface area contributed by atoms with Crippen molar-refractivity contribution in [2.75, 3.05) is 40.4 Å². The zero-order valence-electron chi connectivity index (χ0n) is 9.43. The normalized spacial score (nSPS) is 11.6. The number of rotatable bonds is 7. The number of carbonyl (C=O) groups is 1. The first-order valence-corrected chi connectivity index (χ1v) is 4.87. The molecule has 1 N–H and O–H groups in total. The maximum Gasteiger partial charge on any atom is 0.390 e. The van der Waals surface area contributed by atoms with Gasteiger partial charge in [-0.3, -0.25) is 4.79 Å². The van der Waals surface area contributed by atoms with Crippen LogP contribution in [0.5, 0.6) is 0 Å². The molecule has 0 aliphatic carbocycles. The molecule has 7 heteroatoms. The van der Waals surface area contributed by atoms with Crippen molar-refractivity contribution < 1.29 is 22.7 Å². The zero-order valence-corrected chi connectivity index (χ0v) is 9.43. The Hall–Kier alpha value is -0.820. The smallest absolute Gasteiger partial charge is 0.383 e. The number of methoxy groups -OCH3 is 1. The van der Waals surface area contributed by atoms with Crippen molar-refractivity contribution >= 4 is 5.91 Å². The molecule has 0 bridgehead atoms. The molecular formula is C9H17F3N2O2. The van der Waals surface area contributed by atoms with Gasteiger partial charge in [0.15, 0.2) is 0 Å². The van der Waals surface area contributed by atoms with Crippen molar-refractivity contribution in [1.82, 2.24) is 10.2 Å². The second-order valence-electron chi connectivity index (χ2n) is 3.35. The highest BCUT2D eigenvalue weighted by Crippen LogP contribution is 2.19. The number of carbonyl (C=O) groups excluding carboxylic acids is 1. The fourth-order valence-corrected chi connectivity index (χ4v) is 0.924. The molecule has 0 saturated carbocycles. The molecule has 0 heterocycles. The van der Waals surface area contributed by atoms with Crippen LogP contribution in [0.15, 0.2) is 0 Å². The molecular weight excluding hydrogens is 225 g/mol. The van der Waals surface area contributed by atoms with Gasteiger partial charge in [0.1, 0.15) is 0 Å². The van der Waals surface area contributed by atoms with Crippen LogP contribution in [0.1, 0.15) is 6.42 Å². The van der Waals surface area contributed by atoms with E-state index in [9.17, 15) is 18.0 Å². The fraction of sp³-hybridized carbons (Fsp3) is 0.889. The standard InChI is InChI=1S/C9H17F3N2O2/c1-14(5-3-9(10,11)12)8(15)7-13-4-6-16-2/h13H,3-7H2,1-2H3. The summed E-state index contributed by atoms with van der Waals surface area (Å²) in [6.45, 7) is 0.668. The van der Waals surface area contributed by atoms with Crippen LogP contribution in [0.4, 0.5) is 13.2 Å². The zero-order chi connectivity index (χ0) is 12.6. The first kappa shape index (κ1) is 15.2. The van der Waals surface area contributed by atoms with Gasteiger partial charge in [-0.25, -0.2) is 0 Å². The SMILES string of the molecule is COCCNCC(=O)N(C)CCC(F)(F)F. The molecule has 0 aromatic heterocycles. The van der Waals surface area contributed by atoms with Crippen LogP contribution in [0, 0.1) is 0 Å². The molecule has 4 nitrogen and oxygen atoms in total. The third-order valence-electron chi connectivity index (χ3n) is 1.92. The lowest BCUT2D eigenvalue weighted by molar-refractivity contribution is -0.143. The van der Waals surface area contributed by atoms with Crippen molar-refractivity contribution in [2.45, 2.75) is 12.6 Å². The van der Waals surface area contributed by atoms with E-state index in [1.807, 2.05) is 0 Å². The minimum Gasteiger partial charge on any atom is -0.383 e. The van der Waals surface area contributed by atoms with E-state index < -0.39 is 12.6 Å². The summed E-state index contributed by atoms with van der Waals surface area (Å²) in [5, 5.41) is 2.77. The molecule has 0 aromatic carbocycles. The Bertz CT molecular complexity index is 209. The maximum atomic E-state index is 11.9. The van der Waals surface area contributed by atoms with Gasteiger partial charge < -0.3 is 15.0 Å². The fourth-order valence-electron chi connectivity index (χ4n) is 0.924. The molecule has 0 fully saturated rings. The number of alkyl halides is 3. The molecule has 16 heavy (non-hydrogen) atoms. The average molecular weight is 242 g/mol. The van der Waals surface area contributed by atoms with Gasteiger partial charge in [0.25, 0.3) is 0 Å². The number of hydrogen-bond donors (Lipinski definition) is 1. The summed E-state index contributed by atoms with van der Waals surface area (Å²) < 4.78 is 40.3. The lowest BCUT2D eigenvalue weighted by Crippen LogP contribution is -2.38. The Morgan fingerprint density at radius 2 is 2.06 bits per heavy atom. The highest BCUT2D eigenvalue weighted by Gasteiger charge is 2.27. The van der Waals surface area contributed by atoms with Crippen LogP contribution >= 0.6 is 0 Å². The number of likely N-dealkylation sites (N-methyl/N-ethyl adjacent to an activating group) is 1. The number of halogens is 3. The summed E-state index contributed by atoms with van der Waals surface area (Å²) in [5.41, 5.74) is 0. The molecule has 0 rings (SSSR count). The minimum absolute atomic E-state index is 0.0255. The lowest BCUT2D eigenvalue weighted by Gasteiger charge is -2.18. The maximum absolute atomic E-state index is 11.9. The highest BCUT2D eigenvalue weighted by atomic mass is 19.4. The number of ether oxygens (including phenoxy) is 1. The second-order valence-corrected chi connectivity index (χ2v) is 3.35. The van der Waals surface area contributed by atoms with Crippen LogP contribution in [-0.4, -0.2) is 57.4 Å². The summed E-state index contributed by atoms with van der Waals surface area (Å²) in [4.78, 5) is 12.3. The molecule has 0 aliphatic heterocycles. The molecule has 0 atom stereocenters. The van der Waals surface area contributed by atoms with Gasteiger partial charge in [-0.1, -0.05) is 0 Å². The van der Waals surface area contributed by atoms with Crippen molar-refractivity contribution in [1.29, 1.82) is 0 Å². The molecule has 0 saturated heterocycles. The first-order valence-electron chi connectivity index (χ1n) is 4.87. The van der Waals surface area contributed by atoms with E-state index in [0.29, 0.717) is 13.2 Å². The topological polar surface area (TPSA) is 41.6 Å². The molecule has 0 aromatic rings. The highest BCUT2D eigenvalue weighted by molar-refractivity contribution is 5.77. The molecule has 1 amide bonds. The van der Waals surface area contributed by atoms with E-state index >= 15 is 0 Å². The summed E-state index contributed by atoms with van der Waals surface area (Å²) in [6, 6.07) is 0. The first-order chi connectivity index (χ1) is 7.37. The van der Waals surface area contributed by atoms with Gasteiger partial charge in [-0.15, -0.1) is 0 Å². The van der Waals surface area contributed by atoms with Gasteiger partial charge in [-0.2, -0.15) is 13.2 Å². The second kappa shape index (κ2) is 7.45. The third kappa shape index (κ3) is 8.49. The summed E-state index contributed by atoms with van der Waals surface area (Å²) in [6.07, 6.45) is -5.20. The van der Waals surface area contributed by atoms with E-state index in [2.05, 4.69) is 5.32 Å². The quantitative estimate of drug-likeness (QED) is 0.666. The van der Waals surface area contributed by atoms with Crippen LogP contribution < -0.4 is 5.32 Å². The van der Waals surface area contributed by atoms with Gasteiger partial charge in [0, 0.05) is 27.2 Å². The summed E-state index contributed by atoms with van der Waals surface area (Å²) in [7, 11) is 2.88. The monoisotopic (exact) mass is 242 g/mol. The van der Waals surface area contributed by atoms with Gasteiger partial charge >= 0.3 is 6.18 Å². The van der Waals surface area contributed by atoms with Crippen LogP contribution in [0.3, 0.4) is 0 Å². The Kier molecular flexibility index (Phi) is 7.07. The predicted octanol–water partition coefficient (Wildman–Crippen LogP) is 0.633. The summed E-state index contributed by atoms with van der Waals surface area (Å²) in [5.74, 6) is -0.361. The van der Waals surface area contributed by atoms with Gasteiger partial charge in [0.05, 0.1) is 19.6 Å². The molecule has 0 unspecified atom stereocenters. The Morgan fingerprint density at radius 3 is 2.56 bits per heavy atom. The number of nitrogens with one attached hydrogen (secondary N) is 1.